The van der Waals surface area contributed by atoms with Crippen molar-refractivity contribution < 1.29 is 29.0 Å². The number of ether oxygens (including phenoxy) is 2. The van der Waals surface area contributed by atoms with E-state index < -0.39 is 29.4 Å². The molecular formula is C19H25NO6. The highest BCUT2D eigenvalue weighted by Crippen LogP contribution is 2.47. The summed E-state index contributed by atoms with van der Waals surface area (Å²) in [5.74, 6) is -1.07. The Balaban J connectivity index is 2.09. The van der Waals surface area contributed by atoms with Crippen LogP contribution in [0.2, 0.25) is 0 Å². The van der Waals surface area contributed by atoms with E-state index in [1.807, 2.05) is 44.2 Å². The monoisotopic (exact) mass is 363 g/mol. The topological polar surface area (TPSA) is 93.1 Å². The number of hydrogen-bond acceptors (Lipinski definition) is 6. The quantitative estimate of drug-likeness (QED) is 0.589. The Morgan fingerprint density at radius 1 is 1.23 bits per heavy atom. The van der Waals surface area contributed by atoms with E-state index in [4.69, 9.17) is 9.47 Å². The molecule has 26 heavy (non-hydrogen) atoms. The normalized spacial score (nSPS) is 22.1. The van der Waals surface area contributed by atoms with Crippen molar-refractivity contribution in [2.45, 2.75) is 39.8 Å². The van der Waals surface area contributed by atoms with Crippen LogP contribution < -0.4 is 0 Å². The van der Waals surface area contributed by atoms with Gasteiger partial charge >= 0.3 is 12.1 Å². The fourth-order valence-corrected chi connectivity index (χ4v) is 3.36. The van der Waals surface area contributed by atoms with Crippen LogP contribution in [0.15, 0.2) is 30.3 Å². The minimum atomic E-state index is -1.06. The molecule has 1 aliphatic rings. The molecule has 2 amide bonds. The van der Waals surface area contributed by atoms with Crippen LogP contribution in [0.25, 0.3) is 0 Å². The minimum Gasteiger partial charge on any atom is -0.466 e. The molecule has 0 spiro atoms. The molecule has 1 aromatic carbocycles. The molecule has 1 saturated heterocycles. The van der Waals surface area contributed by atoms with Crippen LogP contribution in [0.5, 0.6) is 0 Å². The largest absolute Gasteiger partial charge is 0.466 e. The molecular weight excluding hydrogens is 338 g/mol. The van der Waals surface area contributed by atoms with E-state index in [0.29, 0.717) is 0 Å². The van der Waals surface area contributed by atoms with E-state index in [1.165, 1.54) is 6.92 Å². The smallest absolute Gasteiger partial charge is 0.417 e. The fourth-order valence-electron chi connectivity index (χ4n) is 3.36. The standard InChI is InChI=1S/C19H25NO6/c1-13(2)19(12-21)16(9-10-25-14(3)22)20(17(19)23)18(24)26-11-15-7-5-4-6-8-15/h4-8,13,16,21H,9-12H2,1-3H3. The van der Waals surface area contributed by atoms with Crippen LogP contribution in [0.1, 0.15) is 32.8 Å². The number of likely N-dealkylation sites (tertiary alicyclic amines) is 1. The summed E-state index contributed by atoms with van der Waals surface area (Å²) in [4.78, 5) is 37.1. The number of amides is 2. The van der Waals surface area contributed by atoms with Crippen molar-refractivity contribution in [2.75, 3.05) is 13.2 Å². The number of benzene rings is 1. The van der Waals surface area contributed by atoms with Gasteiger partial charge in [0.1, 0.15) is 6.61 Å². The Labute approximate surface area is 152 Å². The molecule has 0 aliphatic carbocycles. The number of hydrogen-bond donors (Lipinski definition) is 1. The molecule has 0 bridgehead atoms. The highest BCUT2D eigenvalue weighted by atomic mass is 16.6. The van der Waals surface area contributed by atoms with E-state index in [9.17, 15) is 19.5 Å². The molecule has 1 aromatic rings. The Hall–Kier alpha value is -2.41. The second kappa shape index (κ2) is 8.31. The molecule has 1 aliphatic heterocycles. The van der Waals surface area contributed by atoms with Crippen molar-refractivity contribution in [3.63, 3.8) is 0 Å². The number of aliphatic hydroxyl groups excluding tert-OH is 1. The summed E-state index contributed by atoms with van der Waals surface area (Å²) in [5.41, 5.74) is -0.256. The summed E-state index contributed by atoms with van der Waals surface area (Å²) >= 11 is 0. The van der Waals surface area contributed by atoms with Gasteiger partial charge in [0.15, 0.2) is 0 Å². The van der Waals surface area contributed by atoms with E-state index in [-0.39, 0.29) is 32.2 Å². The van der Waals surface area contributed by atoms with Gasteiger partial charge in [0, 0.05) is 13.3 Å². The number of nitrogens with zero attached hydrogens (tertiary/aromatic N) is 1. The van der Waals surface area contributed by atoms with Crippen LogP contribution >= 0.6 is 0 Å². The second-order valence-electron chi connectivity index (χ2n) is 6.71. The number of rotatable bonds is 7. The summed E-state index contributed by atoms with van der Waals surface area (Å²) in [6.07, 6.45) is -0.499. The second-order valence-corrected chi connectivity index (χ2v) is 6.71. The van der Waals surface area contributed by atoms with Gasteiger partial charge in [0.2, 0.25) is 5.91 Å². The van der Waals surface area contributed by atoms with E-state index in [2.05, 4.69) is 0 Å². The van der Waals surface area contributed by atoms with Gasteiger partial charge < -0.3 is 14.6 Å². The summed E-state index contributed by atoms with van der Waals surface area (Å²) in [5, 5.41) is 9.86. The Bertz CT molecular complexity index is 659. The fraction of sp³-hybridized carbons (Fsp3) is 0.526. The molecule has 0 saturated carbocycles. The van der Waals surface area contributed by atoms with Gasteiger partial charge in [0.25, 0.3) is 0 Å². The van der Waals surface area contributed by atoms with Crippen molar-refractivity contribution in [3.05, 3.63) is 35.9 Å². The number of aliphatic hydroxyl groups is 1. The highest BCUT2D eigenvalue weighted by molar-refractivity contribution is 6.02. The van der Waals surface area contributed by atoms with Gasteiger partial charge in [-0.15, -0.1) is 0 Å². The van der Waals surface area contributed by atoms with Crippen molar-refractivity contribution in [3.8, 4) is 0 Å². The lowest BCUT2D eigenvalue weighted by Crippen LogP contribution is -2.74. The predicted octanol–water partition coefficient (Wildman–Crippen LogP) is 2.12. The SMILES string of the molecule is CC(=O)OCCC1N(C(=O)OCc2ccccc2)C(=O)C1(CO)C(C)C. The van der Waals surface area contributed by atoms with Gasteiger partial charge in [-0.3, -0.25) is 9.59 Å². The van der Waals surface area contributed by atoms with Crippen LogP contribution in [-0.2, 0) is 25.7 Å². The average molecular weight is 363 g/mol. The molecule has 1 N–H and O–H groups in total. The minimum absolute atomic E-state index is 0.0495. The summed E-state index contributed by atoms with van der Waals surface area (Å²) in [6.45, 7) is 4.66. The number of β-lactam (4-membered cyclic amide) rings is 1. The lowest BCUT2D eigenvalue weighted by molar-refractivity contribution is -0.182. The molecule has 1 heterocycles. The zero-order chi connectivity index (χ0) is 19.3. The zero-order valence-corrected chi connectivity index (χ0v) is 15.3. The summed E-state index contributed by atoms with van der Waals surface area (Å²) < 4.78 is 10.2. The molecule has 7 heteroatoms. The van der Waals surface area contributed by atoms with Crippen LogP contribution in [0, 0.1) is 11.3 Å². The Morgan fingerprint density at radius 2 is 1.88 bits per heavy atom. The van der Waals surface area contributed by atoms with Crippen molar-refractivity contribution in [2.24, 2.45) is 11.3 Å². The molecule has 2 atom stereocenters. The van der Waals surface area contributed by atoms with Crippen molar-refractivity contribution in [1.82, 2.24) is 4.90 Å². The maximum absolute atomic E-state index is 12.7. The first-order chi connectivity index (χ1) is 12.3. The first-order valence-electron chi connectivity index (χ1n) is 8.63. The molecule has 1 fully saturated rings. The van der Waals surface area contributed by atoms with Gasteiger partial charge in [-0.2, -0.15) is 0 Å². The van der Waals surface area contributed by atoms with E-state index >= 15 is 0 Å². The molecule has 142 valence electrons. The third-order valence-electron chi connectivity index (χ3n) is 4.91. The molecule has 0 radical (unpaired) electrons. The van der Waals surface area contributed by atoms with Crippen molar-refractivity contribution in [1.29, 1.82) is 0 Å². The molecule has 2 unspecified atom stereocenters. The maximum Gasteiger partial charge on any atom is 0.417 e. The van der Waals surface area contributed by atoms with E-state index in [0.717, 1.165) is 10.5 Å². The first-order valence-corrected chi connectivity index (χ1v) is 8.63. The Kier molecular flexibility index (Phi) is 6.37. The summed E-state index contributed by atoms with van der Waals surface area (Å²) in [6, 6.07) is 8.56. The van der Waals surface area contributed by atoms with Gasteiger partial charge in [0.05, 0.1) is 24.7 Å². The highest BCUT2D eigenvalue weighted by Gasteiger charge is 2.64. The molecule has 2 rings (SSSR count). The number of carbonyl (C=O) groups is 3. The van der Waals surface area contributed by atoms with Crippen LogP contribution in [-0.4, -0.2) is 47.2 Å². The predicted molar refractivity (Wildman–Crippen MR) is 92.9 cm³/mol. The third-order valence-corrected chi connectivity index (χ3v) is 4.91. The van der Waals surface area contributed by atoms with Gasteiger partial charge in [-0.05, 0) is 11.5 Å². The van der Waals surface area contributed by atoms with Gasteiger partial charge in [-0.25, -0.2) is 9.69 Å². The molecule has 0 aromatic heterocycles. The third kappa shape index (κ3) is 3.72. The van der Waals surface area contributed by atoms with Crippen molar-refractivity contribution >= 4 is 18.0 Å². The van der Waals surface area contributed by atoms with Crippen LogP contribution in [0.3, 0.4) is 0 Å². The lowest BCUT2D eigenvalue weighted by Gasteiger charge is -2.55. The first kappa shape index (κ1) is 19.9. The average Bonchev–Trinajstić information content (AvgIpc) is 2.60. The molecule has 7 nitrogen and oxygen atoms in total. The number of carbonyl (C=O) groups excluding carboxylic acids is 3. The lowest BCUT2D eigenvalue weighted by atomic mass is 9.63. The van der Waals surface area contributed by atoms with E-state index in [1.54, 1.807) is 0 Å². The number of imide groups is 1. The maximum atomic E-state index is 12.7. The van der Waals surface area contributed by atoms with Gasteiger partial charge in [-0.1, -0.05) is 44.2 Å². The van der Waals surface area contributed by atoms with Crippen LogP contribution in [0.4, 0.5) is 4.79 Å². The summed E-state index contributed by atoms with van der Waals surface area (Å²) in [7, 11) is 0. The Morgan fingerprint density at radius 3 is 2.42 bits per heavy atom. The zero-order valence-electron chi connectivity index (χ0n) is 15.3. The number of esters is 1.